The van der Waals surface area contributed by atoms with E-state index in [0.29, 0.717) is 28.8 Å². The molecule has 0 spiro atoms. The van der Waals surface area contributed by atoms with Crippen LogP contribution in [0.2, 0.25) is 0 Å². The second kappa shape index (κ2) is 10.8. The van der Waals surface area contributed by atoms with Gasteiger partial charge in [-0.1, -0.05) is 35.5 Å². The summed E-state index contributed by atoms with van der Waals surface area (Å²) in [5, 5.41) is 7.05. The lowest BCUT2D eigenvalue weighted by Crippen LogP contribution is -2.47. The molecule has 0 unspecified atom stereocenters. The lowest BCUT2D eigenvalue weighted by atomic mass is 10.2. The van der Waals surface area contributed by atoms with E-state index in [9.17, 15) is 9.18 Å². The number of piperazine rings is 1. The van der Waals surface area contributed by atoms with Crippen LogP contribution < -0.4 is 10.2 Å². The number of benzene rings is 2. The molecule has 1 N–H and O–H groups in total. The van der Waals surface area contributed by atoms with E-state index in [0.717, 1.165) is 49.6 Å². The lowest BCUT2D eigenvalue weighted by Gasteiger charge is -2.36. The summed E-state index contributed by atoms with van der Waals surface area (Å²) in [5.41, 5.74) is 1.53. The van der Waals surface area contributed by atoms with Gasteiger partial charge >= 0.3 is 0 Å². The zero-order valence-corrected chi connectivity index (χ0v) is 20.0. The van der Waals surface area contributed by atoms with Crippen LogP contribution in [-0.4, -0.2) is 60.2 Å². The number of carbonyl (C=O) groups is 1. The third-order valence-corrected chi connectivity index (χ3v) is 7.08. The second-order valence-corrected chi connectivity index (χ2v) is 9.43. The predicted octanol–water partition coefficient (Wildman–Crippen LogP) is 4.55. The minimum atomic E-state index is -0.170. The van der Waals surface area contributed by atoms with Gasteiger partial charge in [0.15, 0.2) is 0 Å². The van der Waals surface area contributed by atoms with Crippen molar-refractivity contribution in [2.45, 2.75) is 6.42 Å². The number of anilines is 1. The lowest BCUT2D eigenvalue weighted by molar-refractivity contribution is 0.0955. The SMILES string of the molecule is O=C(NCCCN1CCN(c2ccccc2F)CC1)c1ccc(-c2noc(-c3ccccc3)n2)s1. The van der Waals surface area contributed by atoms with Crippen LogP contribution in [0.25, 0.3) is 22.2 Å². The molecule has 4 aromatic rings. The fraction of sp³-hybridized carbons (Fsp3) is 0.269. The largest absolute Gasteiger partial charge is 0.367 e. The molecular weight excluding hydrogens is 465 g/mol. The molecule has 1 amide bonds. The van der Waals surface area contributed by atoms with Crippen LogP contribution in [-0.2, 0) is 0 Å². The minimum absolute atomic E-state index is 0.0996. The molecule has 0 bridgehead atoms. The first-order valence-corrected chi connectivity index (χ1v) is 12.5. The molecule has 7 nitrogen and oxygen atoms in total. The van der Waals surface area contributed by atoms with Gasteiger partial charge in [-0.2, -0.15) is 4.98 Å². The van der Waals surface area contributed by atoms with Gasteiger partial charge < -0.3 is 14.7 Å². The van der Waals surface area contributed by atoms with Crippen molar-refractivity contribution >= 4 is 22.9 Å². The van der Waals surface area contributed by atoms with Crippen LogP contribution in [0.5, 0.6) is 0 Å². The van der Waals surface area contributed by atoms with Crippen LogP contribution in [0.15, 0.2) is 71.3 Å². The summed E-state index contributed by atoms with van der Waals surface area (Å²) < 4.78 is 19.4. The van der Waals surface area contributed by atoms with Gasteiger partial charge in [0.05, 0.1) is 15.4 Å². The van der Waals surface area contributed by atoms with Crippen molar-refractivity contribution in [1.29, 1.82) is 0 Å². The topological polar surface area (TPSA) is 74.5 Å². The number of halogens is 1. The standard InChI is InChI=1S/C26H26FN5O2S/c27-20-9-4-5-10-21(20)32-17-15-31(16-18-32)14-6-13-28-25(33)23-12-11-22(35-23)24-29-26(34-30-24)19-7-2-1-3-8-19/h1-5,7-12H,6,13-18H2,(H,28,33). The maximum absolute atomic E-state index is 14.0. The van der Waals surface area contributed by atoms with E-state index < -0.39 is 0 Å². The van der Waals surface area contributed by atoms with Gasteiger partial charge in [0.1, 0.15) is 5.82 Å². The first-order valence-electron chi connectivity index (χ1n) is 11.7. The number of amides is 1. The van der Waals surface area contributed by atoms with Crippen LogP contribution in [0.3, 0.4) is 0 Å². The number of nitrogens with zero attached hydrogens (tertiary/aromatic N) is 4. The van der Waals surface area contributed by atoms with Crippen molar-refractivity contribution in [2.24, 2.45) is 0 Å². The van der Waals surface area contributed by atoms with Crippen LogP contribution in [0.1, 0.15) is 16.1 Å². The molecule has 1 fully saturated rings. The number of aromatic nitrogens is 2. The molecule has 2 aromatic heterocycles. The quantitative estimate of drug-likeness (QED) is 0.365. The summed E-state index contributed by atoms with van der Waals surface area (Å²) in [6.07, 6.45) is 0.856. The molecule has 1 saturated heterocycles. The zero-order valence-electron chi connectivity index (χ0n) is 19.2. The molecule has 9 heteroatoms. The Balaban J connectivity index is 1.06. The van der Waals surface area contributed by atoms with Crippen LogP contribution in [0.4, 0.5) is 10.1 Å². The van der Waals surface area contributed by atoms with E-state index >= 15 is 0 Å². The normalized spacial score (nSPS) is 14.3. The number of carbonyl (C=O) groups excluding carboxylic acids is 1. The summed E-state index contributed by atoms with van der Waals surface area (Å²) >= 11 is 1.34. The average Bonchev–Trinajstić information content (AvgIpc) is 3.58. The summed E-state index contributed by atoms with van der Waals surface area (Å²) in [4.78, 5) is 22.9. The van der Waals surface area contributed by atoms with Gasteiger partial charge in [-0.05, 0) is 49.4 Å². The van der Waals surface area contributed by atoms with Crippen molar-refractivity contribution in [1.82, 2.24) is 20.4 Å². The fourth-order valence-corrected chi connectivity index (χ4v) is 4.96. The molecular formula is C26H26FN5O2S. The monoisotopic (exact) mass is 491 g/mol. The summed E-state index contributed by atoms with van der Waals surface area (Å²) in [6, 6.07) is 20.1. The van der Waals surface area contributed by atoms with E-state index in [4.69, 9.17) is 4.52 Å². The van der Waals surface area contributed by atoms with Gasteiger partial charge in [-0.3, -0.25) is 9.69 Å². The molecule has 1 aliphatic rings. The predicted molar refractivity (Wildman–Crippen MR) is 135 cm³/mol. The van der Waals surface area contributed by atoms with Crippen molar-refractivity contribution in [2.75, 3.05) is 44.2 Å². The minimum Gasteiger partial charge on any atom is -0.367 e. The maximum Gasteiger partial charge on any atom is 0.261 e. The molecule has 2 aromatic carbocycles. The van der Waals surface area contributed by atoms with E-state index in [1.165, 1.54) is 17.4 Å². The van der Waals surface area contributed by atoms with Gasteiger partial charge in [-0.25, -0.2) is 4.39 Å². The number of hydrogen-bond donors (Lipinski definition) is 1. The molecule has 0 radical (unpaired) electrons. The Bertz CT molecular complexity index is 1270. The molecule has 3 heterocycles. The molecule has 1 aliphatic heterocycles. The highest BCUT2D eigenvalue weighted by Gasteiger charge is 2.19. The molecule has 0 saturated carbocycles. The summed E-state index contributed by atoms with van der Waals surface area (Å²) in [7, 11) is 0. The first-order chi connectivity index (χ1) is 17.2. The van der Waals surface area contributed by atoms with E-state index in [2.05, 4.69) is 25.3 Å². The molecule has 5 rings (SSSR count). The third-order valence-electron chi connectivity index (χ3n) is 6.00. The molecule has 0 atom stereocenters. The number of para-hydroxylation sites is 1. The number of hydrogen-bond acceptors (Lipinski definition) is 7. The van der Waals surface area contributed by atoms with Crippen LogP contribution in [0, 0.1) is 5.82 Å². The zero-order chi connectivity index (χ0) is 24.0. The average molecular weight is 492 g/mol. The molecule has 0 aliphatic carbocycles. The van der Waals surface area contributed by atoms with Crippen LogP contribution >= 0.6 is 11.3 Å². The maximum atomic E-state index is 14.0. The van der Waals surface area contributed by atoms with E-state index in [1.807, 2.05) is 48.5 Å². The number of nitrogens with one attached hydrogen (secondary N) is 1. The van der Waals surface area contributed by atoms with E-state index in [1.54, 1.807) is 12.1 Å². The van der Waals surface area contributed by atoms with Crippen molar-refractivity contribution in [3.8, 4) is 22.2 Å². The smallest absolute Gasteiger partial charge is 0.261 e. The number of thiophene rings is 1. The summed E-state index contributed by atoms with van der Waals surface area (Å²) in [6.45, 7) is 4.85. The Morgan fingerprint density at radius 3 is 2.57 bits per heavy atom. The Labute approximate surface area is 207 Å². The third kappa shape index (κ3) is 5.58. The molecule has 35 heavy (non-hydrogen) atoms. The summed E-state index contributed by atoms with van der Waals surface area (Å²) in [5.74, 6) is 0.658. The highest BCUT2D eigenvalue weighted by Crippen LogP contribution is 2.28. The van der Waals surface area contributed by atoms with Crippen molar-refractivity contribution < 1.29 is 13.7 Å². The highest BCUT2D eigenvalue weighted by molar-refractivity contribution is 7.17. The van der Waals surface area contributed by atoms with Gasteiger partial charge in [0.25, 0.3) is 11.8 Å². The fourth-order valence-electron chi connectivity index (χ4n) is 4.11. The first kappa shape index (κ1) is 23.2. The Morgan fingerprint density at radius 2 is 1.77 bits per heavy atom. The van der Waals surface area contributed by atoms with E-state index in [-0.39, 0.29) is 11.7 Å². The van der Waals surface area contributed by atoms with Gasteiger partial charge in [-0.15, -0.1) is 11.3 Å². The Hall–Kier alpha value is -3.56. The second-order valence-electron chi connectivity index (χ2n) is 8.34. The Kier molecular flexibility index (Phi) is 7.15. The molecule has 180 valence electrons. The van der Waals surface area contributed by atoms with Crippen molar-refractivity contribution in [3.63, 3.8) is 0 Å². The van der Waals surface area contributed by atoms with Gasteiger partial charge in [0.2, 0.25) is 5.82 Å². The van der Waals surface area contributed by atoms with Crippen molar-refractivity contribution in [3.05, 3.63) is 77.4 Å². The Morgan fingerprint density at radius 1 is 1.00 bits per heavy atom. The number of rotatable bonds is 8. The highest BCUT2D eigenvalue weighted by atomic mass is 32.1. The van der Waals surface area contributed by atoms with Gasteiger partial charge in [0, 0.05) is 38.3 Å².